The van der Waals surface area contributed by atoms with Crippen molar-refractivity contribution in [1.82, 2.24) is 4.90 Å². The number of benzene rings is 2. The maximum absolute atomic E-state index is 12.4. The van der Waals surface area contributed by atoms with Crippen LogP contribution >= 0.6 is 15.9 Å². The van der Waals surface area contributed by atoms with Crippen LogP contribution in [0.3, 0.4) is 0 Å². The van der Waals surface area contributed by atoms with E-state index >= 15 is 0 Å². The first-order valence-corrected chi connectivity index (χ1v) is 7.64. The second-order valence-electron chi connectivity index (χ2n) is 4.96. The highest BCUT2D eigenvalue weighted by Gasteiger charge is 2.18. The molecule has 1 unspecified atom stereocenters. The highest BCUT2D eigenvalue weighted by Crippen LogP contribution is 2.22. The fraction of sp³-hybridized carbons (Fsp3) is 0.235. The molecule has 2 aromatic rings. The summed E-state index contributed by atoms with van der Waals surface area (Å²) in [5, 5.41) is 10.3. The molecule has 1 amide bonds. The van der Waals surface area contributed by atoms with Crippen LogP contribution in [0.2, 0.25) is 0 Å². The number of aliphatic hydroxyl groups is 1. The quantitative estimate of drug-likeness (QED) is 0.886. The Morgan fingerprint density at radius 2 is 2.00 bits per heavy atom. The summed E-state index contributed by atoms with van der Waals surface area (Å²) in [5.41, 5.74) is 1.29. The van der Waals surface area contributed by atoms with Gasteiger partial charge in [-0.15, -0.1) is 0 Å². The van der Waals surface area contributed by atoms with Crippen LogP contribution in [0.15, 0.2) is 53.0 Å². The third-order valence-electron chi connectivity index (χ3n) is 3.38. The van der Waals surface area contributed by atoms with Crippen molar-refractivity contribution in [2.45, 2.75) is 6.10 Å². The summed E-state index contributed by atoms with van der Waals surface area (Å²) in [6, 6.07) is 14.4. The highest BCUT2D eigenvalue weighted by atomic mass is 79.9. The third kappa shape index (κ3) is 3.87. The summed E-state index contributed by atoms with van der Waals surface area (Å²) < 4.78 is 5.88. The van der Waals surface area contributed by atoms with E-state index in [2.05, 4.69) is 15.9 Å². The summed E-state index contributed by atoms with van der Waals surface area (Å²) in [5.74, 6) is 0.533. The van der Waals surface area contributed by atoms with E-state index in [1.807, 2.05) is 36.4 Å². The zero-order valence-corrected chi connectivity index (χ0v) is 14.1. The van der Waals surface area contributed by atoms with Gasteiger partial charge in [-0.3, -0.25) is 4.79 Å². The normalized spacial score (nSPS) is 11.8. The maximum atomic E-state index is 12.4. The lowest BCUT2D eigenvalue weighted by Crippen LogP contribution is -2.31. The van der Waals surface area contributed by atoms with Gasteiger partial charge in [0.15, 0.2) is 0 Å². The molecule has 0 radical (unpaired) electrons. The van der Waals surface area contributed by atoms with E-state index in [9.17, 15) is 9.90 Å². The molecule has 2 aromatic carbocycles. The molecule has 0 aliphatic carbocycles. The summed E-state index contributed by atoms with van der Waals surface area (Å²) in [6.07, 6.45) is -0.772. The van der Waals surface area contributed by atoms with E-state index in [1.54, 1.807) is 26.3 Å². The summed E-state index contributed by atoms with van der Waals surface area (Å²) in [6.45, 7) is 0.202. The van der Waals surface area contributed by atoms with Crippen molar-refractivity contribution < 1.29 is 14.6 Å². The van der Waals surface area contributed by atoms with Crippen molar-refractivity contribution >= 4 is 21.8 Å². The van der Waals surface area contributed by atoms with E-state index in [0.717, 1.165) is 4.47 Å². The molecular weight excluding hydrogens is 346 g/mol. The zero-order valence-electron chi connectivity index (χ0n) is 12.5. The Hall–Kier alpha value is -1.85. The topological polar surface area (TPSA) is 49.8 Å². The Bertz CT molecular complexity index is 660. The Kier molecular flexibility index (Phi) is 5.57. The molecule has 1 atom stereocenters. The monoisotopic (exact) mass is 363 g/mol. The van der Waals surface area contributed by atoms with Crippen molar-refractivity contribution in [1.29, 1.82) is 0 Å². The molecule has 0 aliphatic rings. The van der Waals surface area contributed by atoms with E-state index in [0.29, 0.717) is 16.9 Å². The van der Waals surface area contributed by atoms with Gasteiger partial charge in [-0.25, -0.2) is 0 Å². The molecule has 0 spiro atoms. The number of carbonyl (C=O) groups excluding carboxylic acids is 1. The minimum absolute atomic E-state index is 0.144. The molecule has 22 heavy (non-hydrogen) atoms. The van der Waals surface area contributed by atoms with E-state index in [4.69, 9.17) is 4.74 Å². The van der Waals surface area contributed by atoms with Gasteiger partial charge < -0.3 is 14.7 Å². The molecule has 5 heteroatoms. The number of ether oxygens (including phenoxy) is 1. The second kappa shape index (κ2) is 7.42. The van der Waals surface area contributed by atoms with E-state index < -0.39 is 6.10 Å². The number of likely N-dealkylation sites (N-methyl/N-ethyl adjacent to an activating group) is 1. The fourth-order valence-corrected chi connectivity index (χ4v) is 2.59. The van der Waals surface area contributed by atoms with Gasteiger partial charge in [-0.1, -0.05) is 24.3 Å². The number of methoxy groups -OCH3 is 1. The average molecular weight is 364 g/mol. The lowest BCUT2D eigenvalue weighted by Gasteiger charge is -2.22. The molecule has 0 fully saturated rings. The molecule has 0 saturated carbocycles. The first-order chi connectivity index (χ1) is 10.5. The van der Waals surface area contributed by atoms with Gasteiger partial charge >= 0.3 is 0 Å². The van der Waals surface area contributed by atoms with Crippen molar-refractivity contribution in [3.8, 4) is 5.75 Å². The van der Waals surface area contributed by atoms with Crippen molar-refractivity contribution in [3.63, 3.8) is 0 Å². The molecule has 2 rings (SSSR count). The number of amides is 1. The van der Waals surface area contributed by atoms with Crippen molar-refractivity contribution in [2.75, 3.05) is 20.7 Å². The molecule has 0 aromatic heterocycles. The molecule has 4 nitrogen and oxygen atoms in total. The molecule has 0 saturated heterocycles. The SMILES string of the molecule is COc1cccc(C(O)CN(C)C(=O)c2ccccc2Br)c1. The Labute approximate surface area is 138 Å². The smallest absolute Gasteiger partial charge is 0.254 e. The van der Waals surface area contributed by atoms with Gasteiger partial charge in [0.05, 0.1) is 25.3 Å². The molecule has 0 aliphatic heterocycles. The molecule has 0 bridgehead atoms. The molecule has 116 valence electrons. The number of hydrogen-bond donors (Lipinski definition) is 1. The van der Waals surface area contributed by atoms with Crippen molar-refractivity contribution in [2.24, 2.45) is 0 Å². The zero-order chi connectivity index (χ0) is 16.1. The summed E-state index contributed by atoms with van der Waals surface area (Å²) >= 11 is 3.37. The predicted molar refractivity (Wildman–Crippen MR) is 89.1 cm³/mol. The predicted octanol–water partition coefficient (Wildman–Crippen LogP) is 3.26. The van der Waals surface area contributed by atoms with Crippen LogP contribution in [0.25, 0.3) is 0 Å². The van der Waals surface area contributed by atoms with Crippen LogP contribution in [-0.4, -0.2) is 36.6 Å². The van der Waals surface area contributed by atoms with E-state index in [1.165, 1.54) is 4.90 Å². The number of halogens is 1. The van der Waals surface area contributed by atoms with Crippen LogP contribution in [0.4, 0.5) is 0 Å². The van der Waals surface area contributed by atoms with Crippen LogP contribution in [0.5, 0.6) is 5.75 Å². The summed E-state index contributed by atoms with van der Waals surface area (Å²) in [4.78, 5) is 13.9. The van der Waals surface area contributed by atoms with Crippen LogP contribution in [-0.2, 0) is 0 Å². The fourth-order valence-electron chi connectivity index (χ4n) is 2.14. The lowest BCUT2D eigenvalue weighted by atomic mass is 10.1. The first kappa shape index (κ1) is 16.5. The largest absolute Gasteiger partial charge is 0.497 e. The van der Waals surface area contributed by atoms with Crippen molar-refractivity contribution in [3.05, 3.63) is 64.1 Å². The van der Waals surface area contributed by atoms with Gasteiger partial charge in [0.2, 0.25) is 0 Å². The van der Waals surface area contributed by atoms with Gasteiger partial charge in [0, 0.05) is 11.5 Å². The first-order valence-electron chi connectivity index (χ1n) is 6.85. The Morgan fingerprint density at radius 1 is 1.27 bits per heavy atom. The van der Waals surface area contributed by atoms with Crippen LogP contribution < -0.4 is 4.74 Å². The van der Waals surface area contributed by atoms with Gasteiger partial charge in [0.25, 0.3) is 5.91 Å². The number of carbonyl (C=O) groups is 1. The summed E-state index contributed by atoms with van der Waals surface area (Å²) in [7, 11) is 3.25. The number of hydrogen-bond acceptors (Lipinski definition) is 3. The minimum atomic E-state index is -0.772. The average Bonchev–Trinajstić information content (AvgIpc) is 2.54. The van der Waals surface area contributed by atoms with Gasteiger partial charge in [0.1, 0.15) is 5.75 Å². The molecular formula is C17H18BrNO3. The molecule has 0 heterocycles. The third-order valence-corrected chi connectivity index (χ3v) is 4.07. The van der Waals surface area contributed by atoms with Gasteiger partial charge in [-0.2, -0.15) is 0 Å². The number of nitrogens with zero attached hydrogens (tertiary/aromatic N) is 1. The standard InChI is InChI=1S/C17H18BrNO3/c1-19(17(21)14-8-3-4-9-15(14)18)11-16(20)12-6-5-7-13(10-12)22-2/h3-10,16,20H,11H2,1-2H3. The lowest BCUT2D eigenvalue weighted by molar-refractivity contribution is 0.0680. The Balaban J connectivity index is 2.09. The van der Waals surface area contributed by atoms with Gasteiger partial charge in [-0.05, 0) is 45.8 Å². The highest BCUT2D eigenvalue weighted by molar-refractivity contribution is 9.10. The second-order valence-corrected chi connectivity index (χ2v) is 5.81. The number of aliphatic hydroxyl groups excluding tert-OH is 1. The Morgan fingerprint density at radius 3 is 2.68 bits per heavy atom. The van der Waals surface area contributed by atoms with Crippen LogP contribution in [0.1, 0.15) is 22.0 Å². The van der Waals surface area contributed by atoms with Crippen LogP contribution in [0, 0.1) is 0 Å². The minimum Gasteiger partial charge on any atom is -0.497 e. The number of rotatable bonds is 5. The maximum Gasteiger partial charge on any atom is 0.254 e. The van der Waals surface area contributed by atoms with E-state index in [-0.39, 0.29) is 12.5 Å². The molecule has 1 N–H and O–H groups in total.